The Labute approximate surface area is 149 Å². The summed E-state index contributed by atoms with van der Waals surface area (Å²) in [7, 11) is 0. The van der Waals surface area contributed by atoms with Crippen LogP contribution in [0.25, 0.3) is 0 Å². The van der Waals surface area contributed by atoms with E-state index in [1.54, 1.807) is 18.7 Å². The number of carbonyl (C=O) groups is 1. The third-order valence-electron chi connectivity index (χ3n) is 4.23. The average Bonchev–Trinajstić information content (AvgIpc) is 3.20. The maximum Gasteiger partial charge on any atom is 0.338 e. The second kappa shape index (κ2) is 6.11. The monoisotopic (exact) mass is 359 g/mol. The van der Waals surface area contributed by atoms with Crippen molar-refractivity contribution in [3.05, 3.63) is 35.0 Å². The predicted octanol–water partition coefficient (Wildman–Crippen LogP) is 2.69. The molecule has 1 N–H and O–H groups in total. The van der Waals surface area contributed by atoms with E-state index in [1.165, 1.54) is 11.8 Å². The molecular formula is C17H17N3O4S. The summed E-state index contributed by atoms with van der Waals surface area (Å²) < 4.78 is 16.1. The fourth-order valence-electron chi connectivity index (χ4n) is 3.14. The quantitative estimate of drug-likeness (QED) is 0.836. The summed E-state index contributed by atoms with van der Waals surface area (Å²) in [5, 5.41) is 9.03. The summed E-state index contributed by atoms with van der Waals surface area (Å²) in [5.41, 5.74) is 1.91. The number of amidine groups is 2. The van der Waals surface area contributed by atoms with Gasteiger partial charge in [0.05, 0.1) is 29.7 Å². The Bertz CT molecular complexity index is 833. The van der Waals surface area contributed by atoms with Crippen molar-refractivity contribution in [3.63, 3.8) is 0 Å². The number of fused-ring (bicyclic) bond motifs is 2. The van der Waals surface area contributed by atoms with Crippen molar-refractivity contribution < 1.29 is 19.0 Å². The fraction of sp³-hybridized carbons (Fsp3) is 0.353. The molecular weight excluding hydrogens is 342 g/mol. The molecule has 0 saturated carbocycles. The Morgan fingerprint density at radius 1 is 1.44 bits per heavy atom. The zero-order chi connectivity index (χ0) is 17.6. The van der Waals surface area contributed by atoms with Crippen LogP contribution >= 0.6 is 11.8 Å². The van der Waals surface area contributed by atoms with Crippen LogP contribution in [-0.4, -0.2) is 41.0 Å². The molecule has 1 aromatic rings. The Hall–Kier alpha value is -2.48. The highest BCUT2D eigenvalue weighted by molar-refractivity contribution is 8.15. The average molecular weight is 359 g/mol. The molecule has 3 aliphatic rings. The number of nitrogens with one attached hydrogen (secondary N) is 1. The number of esters is 1. The molecule has 3 heterocycles. The largest absolute Gasteiger partial charge is 0.463 e. The van der Waals surface area contributed by atoms with Gasteiger partial charge in [-0.3, -0.25) is 10.3 Å². The minimum atomic E-state index is -0.455. The second-order valence-electron chi connectivity index (χ2n) is 5.73. The number of hydrogen-bond donors (Lipinski definition) is 1. The first-order valence-corrected chi connectivity index (χ1v) is 8.94. The molecule has 1 unspecified atom stereocenters. The van der Waals surface area contributed by atoms with Gasteiger partial charge in [0.15, 0.2) is 16.7 Å². The summed E-state index contributed by atoms with van der Waals surface area (Å²) in [6.07, 6.45) is 0. The van der Waals surface area contributed by atoms with Crippen molar-refractivity contribution in [2.24, 2.45) is 4.99 Å². The number of rotatable bonds is 3. The summed E-state index contributed by atoms with van der Waals surface area (Å²) in [6.45, 7) is 4.05. The van der Waals surface area contributed by atoms with E-state index < -0.39 is 12.0 Å². The van der Waals surface area contributed by atoms with Gasteiger partial charge in [-0.2, -0.15) is 0 Å². The summed E-state index contributed by atoms with van der Waals surface area (Å²) in [6, 6.07) is 5.12. The van der Waals surface area contributed by atoms with Crippen LogP contribution in [0.1, 0.15) is 25.5 Å². The molecule has 0 bridgehead atoms. The molecule has 0 aromatic heterocycles. The lowest BCUT2D eigenvalue weighted by molar-refractivity contribution is -0.139. The van der Waals surface area contributed by atoms with E-state index in [4.69, 9.17) is 19.6 Å². The summed E-state index contributed by atoms with van der Waals surface area (Å²) in [5.74, 6) is 1.86. The van der Waals surface area contributed by atoms with Gasteiger partial charge in [0.1, 0.15) is 5.84 Å². The first-order valence-electron chi connectivity index (χ1n) is 7.95. The number of hydrogen-bond acceptors (Lipinski definition) is 7. The Morgan fingerprint density at radius 2 is 2.24 bits per heavy atom. The molecule has 25 heavy (non-hydrogen) atoms. The van der Waals surface area contributed by atoms with Crippen LogP contribution < -0.4 is 9.47 Å². The lowest BCUT2D eigenvalue weighted by Crippen LogP contribution is -2.39. The lowest BCUT2D eigenvalue weighted by atomic mass is 9.94. The van der Waals surface area contributed by atoms with Crippen LogP contribution in [0.15, 0.2) is 34.5 Å². The van der Waals surface area contributed by atoms with Crippen molar-refractivity contribution in [2.45, 2.75) is 19.9 Å². The highest BCUT2D eigenvalue weighted by Gasteiger charge is 2.42. The lowest BCUT2D eigenvalue weighted by Gasteiger charge is -2.34. The van der Waals surface area contributed by atoms with Crippen LogP contribution in [0, 0.1) is 5.41 Å². The van der Waals surface area contributed by atoms with E-state index in [2.05, 4.69) is 4.99 Å². The number of aliphatic imine (C=N–C) groups is 1. The molecule has 0 aliphatic carbocycles. The molecule has 130 valence electrons. The molecule has 0 radical (unpaired) electrons. The van der Waals surface area contributed by atoms with Crippen molar-refractivity contribution in [1.29, 1.82) is 5.41 Å². The smallest absolute Gasteiger partial charge is 0.338 e. The number of nitrogens with zero attached hydrogens (tertiary/aromatic N) is 2. The minimum absolute atomic E-state index is 0.186. The summed E-state index contributed by atoms with van der Waals surface area (Å²) >= 11 is 1.50. The molecule has 3 aliphatic heterocycles. The molecule has 1 fully saturated rings. The van der Waals surface area contributed by atoms with Gasteiger partial charge in [0, 0.05) is 0 Å². The standard InChI is InChI=1S/C17H17N3O4S/c1-3-22-16(21)14-9(2)19-17-20(13(18)7-25-17)15(14)10-4-5-11-12(6-10)24-8-23-11/h4-6,15,18H,3,7-8H2,1-2H3. The number of ether oxygens (including phenoxy) is 3. The van der Waals surface area contributed by atoms with Gasteiger partial charge in [0.2, 0.25) is 6.79 Å². The third kappa shape index (κ3) is 2.57. The van der Waals surface area contributed by atoms with Gasteiger partial charge in [0.25, 0.3) is 0 Å². The number of carbonyl (C=O) groups excluding carboxylic acids is 1. The first kappa shape index (κ1) is 16.0. The maximum absolute atomic E-state index is 12.6. The molecule has 0 amide bonds. The fourth-order valence-corrected chi connectivity index (χ4v) is 4.10. The van der Waals surface area contributed by atoms with E-state index in [0.29, 0.717) is 34.4 Å². The SMILES string of the molecule is CCOC(=O)C1=C(C)N=C2SCC(=N)N2C1c1ccc2c(c1)OCO2. The van der Waals surface area contributed by atoms with E-state index in [1.807, 2.05) is 18.2 Å². The van der Waals surface area contributed by atoms with Crippen molar-refractivity contribution in [1.82, 2.24) is 4.90 Å². The van der Waals surface area contributed by atoms with Gasteiger partial charge in [-0.15, -0.1) is 0 Å². The van der Waals surface area contributed by atoms with Crippen LogP contribution in [0.4, 0.5) is 0 Å². The number of benzene rings is 1. The van der Waals surface area contributed by atoms with Gasteiger partial charge < -0.3 is 14.2 Å². The zero-order valence-electron chi connectivity index (χ0n) is 13.9. The molecule has 7 nitrogen and oxygen atoms in total. The van der Waals surface area contributed by atoms with Gasteiger partial charge in [-0.05, 0) is 31.5 Å². The van der Waals surface area contributed by atoms with E-state index in [0.717, 1.165) is 10.7 Å². The number of thioether (sulfide) groups is 1. The summed E-state index contributed by atoms with van der Waals surface area (Å²) in [4.78, 5) is 18.9. The second-order valence-corrected chi connectivity index (χ2v) is 6.68. The van der Waals surface area contributed by atoms with Crippen LogP contribution in [0.5, 0.6) is 11.5 Å². The third-order valence-corrected chi connectivity index (χ3v) is 5.19. The predicted molar refractivity (Wildman–Crippen MR) is 94.1 cm³/mol. The molecule has 1 atom stereocenters. The number of allylic oxidation sites excluding steroid dienone is 1. The highest BCUT2D eigenvalue weighted by Crippen LogP contribution is 2.43. The van der Waals surface area contributed by atoms with Crippen LogP contribution in [-0.2, 0) is 9.53 Å². The van der Waals surface area contributed by atoms with Crippen molar-refractivity contribution in [2.75, 3.05) is 19.2 Å². The van der Waals surface area contributed by atoms with E-state index in [-0.39, 0.29) is 13.4 Å². The van der Waals surface area contributed by atoms with E-state index in [9.17, 15) is 4.79 Å². The Balaban J connectivity index is 1.84. The van der Waals surface area contributed by atoms with Gasteiger partial charge in [-0.1, -0.05) is 17.8 Å². The maximum atomic E-state index is 12.6. The molecule has 8 heteroatoms. The molecule has 0 spiro atoms. The Morgan fingerprint density at radius 3 is 3.04 bits per heavy atom. The van der Waals surface area contributed by atoms with E-state index >= 15 is 0 Å². The normalized spacial score (nSPS) is 21.4. The van der Waals surface area contributed by atoms with Crippen molar-refractivity contribution >= 4 is 28.7 Å². The first-order chi connectivity index (χ1) is 12.1. The van der Waals surface area contributed by atoms with Crippen LogP contribution in [0.3, 0.4) is 0 Å². The molecule has 1 aromatic carbocycles. The van der Waals surface area contributed by atoms with Crippen LogP contribution in [0.2, 0.25) is 0 Å². The molecule has 1 saturated heterocycles. The minimum Gasteiger partial charge on any atom is -0.463 e. The highest BCUT2D eigenvalue weighted by atomic mass is 32.2. The zero-order valence-corrected chi connectivity index (χ0v) is 14.7. The molecule has 4 rings (SSSR count). The van der Waals surface area contributed by atoms with Gasteiger partial charge in [-0.25, -0.2) is 9.79 Å². The van der Waals surface area contributed by atoms with Gasteiger partial charge >= 0.3 is 5.97 Å². The topological polar surface area (TPSA) is 84.2 Å². The Kier molecular flexibility index (Phi) is 3.91. The van der Waals surface area contributed by atoms with Crippen molar-refractivity contribution in [3.8, 4) is 11.5 Å².